The van der Waals surface area contributed by atoms with Crippen LogP contribution in [0.25, 0.3) is 0 Å². The lowest BCUT2D eigenvalue weighted by atomic mass is 10.0. The van der Waals surface area contributed by atoms with Crippen molar-refractivity contribution in [2.24, 2.45) is 5.92 Å². The van der Waals surface area contributed by atoms with E-state index in [9.17, 15) is 4.79 Å². The van der Waals surface area contributed by atoms with E-state index < -0.39 is 0 Å². The summed E-state index contributed by atoms with van der Waals surface area (Å²) in [6.45, 7) is 5.27. The summed E-state index contributed by atoms with van der Waals surface area (Å²) in [7, 11) is 1.74. The van der Waals surface area contributed by atoms with Gasteiger partial charge in [-0.05, 0) is 32.7 Å². The Bertz CT molecular complexity index is 643. The number of nitrogens with zero attached hydrogens (tertiary/aromatic N) is 4. The predicted molar refractivity (Wildman–Crippen MR) is 95.9 cm³/mol. The smallest absolute Gasteiger partial charge is 0.231 e. The Labute approximate surface area is 152 Å². The van der Waals surface area contributed by atoms with Crippen LogP contribution in [0, 0.1) is 17.4 Å². The zero-order chi connectivity index (χ0) is 17.8. The van der Waals surface area contributed by atoms with Gasteiger partial charge in [0.25, 0.3) is 0 Å². The molecule has 2 aliphatic rings. The summed E-state index contributed by atoms with van der Waals surface area (Å²) < 4.78 is 5.30. The second kappa shape index (κ2) is 8.13. The Morgan fingerprint density at radius 2 is 2.36 bits per heavy atom. The topological polar surface area (TPSA) is 81.5 Å². The van der Waals surface area contributed by atoms with Gasteiger partial charge in [0.1, 0.15) is 0 Å². The quantitative estimate of drug-likeness (QED) is 0.777. The van der Waals surface area contributed by atoms with E-state index in [2.05, 4.69) is 21.4 Å². The molecule has 2 saturated heterocycles. The molecule has 2 aliphatic heterocycles. The molecule has 0 aromatic carbocycles. The molecule has 0 saturated carbocycles. The van der Waals surface area contributed by atoms with Crippen molar-refractivity contribution in [1.29, 1.82) is 5.26 Å². The zero-order valence-electron chi connectivity index (χ0n) is 14.8. The fourth-order valence-corrected chi connectivity index (χ4v) is 4.59. The van der Waals surface area contributed by atoms with Gasteiger partial charge < -0.3 is 15.0 Å². The molecule has 0 bridgehead atoms. The van der Waals surface area contributed by atoms with Crippen LogP contribution in [-0.4, -0.2) is 59.6 Å². The third kappa shape index (κ3) is 4.11. The van der Waals surface area contributed by atoms with Crippen LogP contribution in [0.15, 0.2) is 6.20 Å². The number of ether oxygens (including phenoxy) is 1. The van der Waals surface area contributed by atoms with Crippen LogP contribution in [0.1, 0.15) is 31.1 Å². The second-order valence-corrected chi connectivity index (χ2v) is 7.89. The minimum absolute atomic E-state index is 0.0374. The zero-order valence-corrected chi connectivity index (χ0v) is 15.6. The lowest BCUT2D eigenvalue weighted by Gasteiger charge is -2.22. The molecule has 0 aliphatic carbocycles. The molecule has 0 spiro atoms. The molecular formula is C17H25N5O2S. The van der Waals surface area contributed by atoms with Gasteiger partial charge in [-0.1, -0.05) is 0 Å². The molecule has 136 valence electrons. The van der Waals surface area contributed by atoms with E-state index in [0.29, 0.717) is 24.1 Å². The standard InChI is InChI=1S/C17H25N5O2S/c1-12-15(5-7-22(12)11-18)16(23)20-17-19-8-14(25-17)9-21-6-3-4-13(21)10-24-2/h8,12-13,15H,3-7,9-10H2,1-2H3,(H,19,20,23)/t12-,13+,15-/m0/s1. The van der Waals surface area contributed by atoms with Gasteiger partial charge >= 0.3 is 0 Å². The van der Waals surface area contributed by atoms with Gasteiger partial charge in [-0.3, -0.25) is 9.69 Å². The van der Waals surface area contributed by atoms with Crippen molar-refractivity contribution >= 4 is 22.4 Å². The van der Waals surface area contributed by atoms with E-state index in [1.807, 2.05) is 13.1 Å². The highest BCUT2D eigenvalue weighted by molar-refractivity contribution is 7.15. The minimum atomic E-state index is -0.156. The SMILES string of the molecule is COC[C@H]1CCCN1Cc1cnc(NC(=O)[C@H]2CCN(C#N)[C@H]2C)s1. The number of aromatic nitrogens is 1. The largest absolute Gasteiger partial charge is 0.383 e. The fraction of sp³-hybridized carbons (Fsp3) is 0.706. The minimum Gasteiger partial charge on any atom is -0.383 e. The van der Waals surface area contributed by atoms with E-state index in [1.165, 1.54) is 24.2 Å². The lowest BCUT2D eigenvalue weighted by molar-refractivity contribution is -0.120. The van der Waals surface area contributed by atoms with Gasteiger partial charge in [0.15, 0.2) is 11.3 Å². The van der Waals surface area contributed by atoms with Crippen LogP contribution in [-0.2, 0) is 16.1 Å². The number of carbonyl (C=O) groups excluding carboxylic acids is 1. The summed E-state index contributed by atoms with van der Waals surface area (Å²) in [4.78, 5) is 22.1. The first kappa shape index (κ1) is 18.1. The van der Waals surface area contributed by atoms with E-state index in [-0.39, 0.29) is 17.9 Å². The maximum absolute atomic E-state index is 12.5. The van der Waals surface area contributed by atoms with Gasteiger partial charge in [-0.25, -0.2) is 4.98 Å². The molecule has 3 heterocycles. The van der Waals surface area contributed by atoms with Crippen molar-refractivity contribution in [3.05, 3.63) is 11.1 Å². The Kier molecular flexibility index (Phi) is 5.89. The summed E-state index contributed by atoms with van der Waals surface area (Å²) >= 11 is 1.53. The molecule has 8 heteroatoms. The molecule has 1 N–H and O–H groups in total. The molecule has 1 aromatic heterocycles. The van der Waals surface area contributed by atoms with Crippen LogP contribution >= 0.6 is 11.3 Å². The number of hydrogen-bond donors (Lipinski definition) is 1. The predicted octanol–water partition coefficient (Wildman–Crippen LogP) is 1.88. The van der Waals surface area contributed by atoms with Crippen molar-refractivity contribution in [1.82, 2.24) is 14.8 Å². The maximum Gasteiger partial charge on any atom is 0.231 e. The van der Waals surface area contributed by atoms with Crippen LogP contribution in [0.2, 0.25) is 0 Å². The van der Waals surface area contributed by atoms with Crippen molar-refractivity contribution in [3.63, 3.8) is 0 Å². The molecule has 25 heavy (non-hydrogen) atoms. The normalized spacial score (nSPS) is 26.8. The molecule has 1 aromatic rings. The number of carbonyl (C=O) groups is 1. The highest BCUT2D eigenvalue weighted by Gasteiger charge is 2.35. The number of hydrogen-bond acceptors (Lipinski definition) is 7. The Morgan fingerprint density at radius 3 is 3.08 bits per heavy atom. The average molecular weight is 363 g/mol. The number of likely N-dealkylation sites (tertiary alicyclic amines) is 2. The number of anilines is 1. The van der Waals surface area contributed by atoms with E-state index >= 15 is 0 Å². The van der Waals surface area contributed by atoms with Gasteiger partial charge in [0, 0.05) is 43.4 Å². The van der Waals surface area contributed by atoms with Crippen LogP contribution < -0.4 is 5.32 Å². The van der Waals surface area contributed by atoms with E-state index in [1.54, 1.807) is 12.0 Å². The van der Waals surface area contributed by atoms with Crippen LogP contribution in [0.5, 0.6) is 0 Å². The Balaban J connectivity index is 1.55. The lowest BCUT2D eigenvalue weighted by Crippen LogP contribution is -2.33. The van der Waals surface area contributed by atoms with Crippen molar-refractivity contribution in [2.75, 3.05) is 32.1 Å². The second-order valence-electron chi connectivity index (χ2n) is 6.77. The molecule has 0 unspecified atom stereocenters. The Morgan fingerprint density at radius 1 is 1.52 bits per heavy atom. The number of nitrogens with one attached hydrogen (secondary N) is 1. The van der Waals surface area contributed by atoms with Gasteiger partial charge in [-0.2, -0.15) is 5.26 Å². The molecule has 3 atom stereocenters. The molecule has 0 radical (unpaired) electrons. The first-order chi connectivity index (χ1) is 12.1. The van der Waals surface area contributed by atoms with Crippen LogP contribution in [0.4, 0.5) is 5.13 Å². The number of methoxy groups -OCH3 is 1. The van der Waals surface area contributed by atoms with Crippen molar-refractivity contribution in [3.8, 4) is 6.19 Å². The van der Waals surface area contributed by atoms with Crippen molar-refractivity contribution in [2.45, 2.75) is 44.8 Å². The van der Waals surface area contributed by atoms with Gasteiger partial charge in [0.2, 0.25) is 5.91 Å². The summed E-state index contributed by atoms with van der Waals surface area (Å²) in [6.07, 6.45) is 7.08. The average Bonchev–Trinajstić information content (AvgIpc) is 3.30. The highest BCUT2D eigenvalue weighted by atomic mass is 32.1. The molecule has 1 amide bonds. The Hall–Kier alpha value is -1.69. The molecule has 7 nitrogen and oxygen atoms in total. The van der Waals surface area contributed by atoms with Crippen molar-refractivity contribution < 1.29 is 9.53 Å². The monoisotopic (exact) mass is 363 g/mol. The number of thiazole rings is 1. The third-order valence-corrected chi connectivity index (χ3v) is 6.12. The number of nitriles is 1. The van der Waals surface area contributed by atoms with E-state index in [4.69, 9.17) is 10.00 Å². The summed E-state index contributed by atoms with van der Waals surface area (Å²) in [5, 5.41) is 12.6. The summed E-state index contributed by atoms with van der Waals surface area (Å²) in [5.41, 5.74) is 0. The number of rotatable bonds is 6. The van der Waals surface area contributed by atoms with Gasteiger partial charge in [-0.15, -0.1) is 11.3 Å². The first-order valence-electron chi connectivity index (χ1n) is 8.77. The highest BCUT2D eigenvalue weighted by Crippen LogP contribution is 2.28. The molecule has 2 fully saturated rings. The summed E-state index contributed by atoms with van der Waals surface area (Å²) in [6, 6.07) is 0.422. The number of amides is 1. The molecular weight excluding hydrogens is 338 g/mol. The molecule has 3 rings (SSSR count). The maximum atomic E-state index is 12.5. The van der Waals surface area contributed by atoms with Crippen LogP contribution in [0.3, 0.4) is 0 Å². The van der Waals surface area contributed by atoms with E-state index in [0.717, 1.165) is 24.6 Å². The van der Waals surface area contributed by atoms with Gasteiger partial charge in [0.05, 0.1) is 12.5 Å². The fourth-order valence-electron chi connectivity index (χ4n) is 3.75. The summed E-state index contributed by atoms with van der Waals surface area (Å²) in [5.74, 6) is -0.193. The first-order valence-corrected chi connectivity index (χ1v) is 9.59. The third-order valence-electron chi connectivity index (χ3n) is 5.22.